The maximum Gasteiger partial charge on any atom is 0.255 e. The Balaban J connectivity index is 1.56. The highest BCUT2D eigenvalue weighted by atomic mass is 16.5. The van der Waals surface area contributed by atoms with Crippen LogP contribution in [0.25, 0.3) is 0 Å². The lowest BCUT2D eigenvalue weighted by atomic mass is 9.94. The quantitative estimate of drug-likeness (QED) is 0.839. The number of fused-ring (bicyclic) bond motifs is 1. The van der Waals surface area contributed by atoms with Crippen molar-refractivity contribution in [2.75, 3.05) is 26.3 Å². The number of aromatic nitrogens is 2. The largest absolute Gasteiger partial charge is 0.381 e. The minimum Gasteiger partial charge on any atom is -0.381 e. The second-order valence-electron chi connectivity index (χ2n) is 9.35. The molecular weight excluding hydrogens is 356 g/mol. The number of rotatable bonds is 2. The molecule has 4 rings (SSSR count). The van der Waals surface area contributed by atoms with E-state index in [9.17, 15) is 9.59 Å². The number of hydrogen-bond donors (Lipinski definition) is 1. The molecule has 28 heavy (non-hydrogen) atoms. The van der Waals surface area contributed by atoms with E-state index in [1.54, 1.807) is 0 Å². The zero-order chi connectivity index (χ0) is 19.9. The van der Waals surface area contributed by atoms with E-state index in [4.69, 9.17) is 9.72 Å². The van der Waals surface area contributed by atoms with E-state index in [0.717, 1.165) is 69.7 Å². The molecule has 1 unspecified atom stereocenters. The Labute approximate surface area is 166 Å². The highest BCUT2D eigenvalue weighted by Gasteiger charge is 2.37. The third kappa shape index (κ3) is 3.74. The molecule has 0 saturated carbocycles. The monoisotopic (exact) mass is 388 g/mol. The minimum absolute atomic E-state index is 0.0354. The van der Waals surface area contributed by atoms with Crippen LogP contribution in [0.3, 0.4) is 0 Å². The van der Waals surface area contributed by atoms with E-state index in [1.807, 2.05) is 25.7 Å². The van der Waals surface area contributed by atoms with Crippen LogP contribution in [0.2, 0.25) is 0 Å². The molecule has 1 amide bonds. The van der Waals surface area contributed by atoms with Crippen molar-refractivity contribution in [2.45, 2.75) is 71.5 Å². The fourth-order valence-electron chi connectivity index (χ4n) is 4.71. The lowest BCUT2D eigenvalue weighted by molar-refractivity contribution is -0.140. The van der Waals surface area contributed by atoms with Crippen LogP contribution in [0.1, 0.15) is 69.6 Å². The molecule has 1 aromatic heterocycles. The normalized spacial score (nSPS) is 24.4. The summed E-state index contributed by atoms with van der Waals surface area (Å²) >= 11 is 0. The van der Waals surface area contributed by atoms with Gasteiger partial charge in [-0.3, -0.25) is 14.5 Å². The molecule has 1 aromatic rings. The molecule has 7 nitrogen and oxygen atoms in total. The van der Waals surface area contributed by atoms with Gasteiger partial charge in [-0.25, -0.2) is 4.98 Å². The minimum atomic E-state index is -0.429. The number of hydrogen-bond acceptors (Lipinski definition) is 5. The van der Waals surface area contributed by atoms with E-state index in [0.29, 0.717) is 18.4 Å². The van der Waals surface area contributed by atoms with Crippen molar-refractivity contribution in [1.82, 2.24) is 19.8 Å². The predicted molar refractivity (Wildman–Crippen MR) is 106 cm³/mol. The summed E-state index contributed by atoms with van der Waals surface area (Å²) in [4.78, 5) is 37.9. The number of H-pyrrole nitrogens is 1. The number of carbonyl (C=O) groups is 1. The maximum atomic E-state index is 12.9. The van der Waals surface area contributed by atoms with Gasteiger partial charge in [-0.1, -0.05) is 20.8 Å². The van der Waals surface area contributed by atoms with Crippen LogP contribution >= 0.6 is 0 Å². The molecule has 0 aliphatic carbocycles. The van der Waals surface area contributed by atoms with Crippen molar-refractivity contribution in [1.29, 1.82) is 0 Å². The van der Waals surface area contributed by atoms with Crippen molar-refractivity contribution in [3.8, 4) is 0 Å². The Kier molecular flexibility index (Phi) is 5.31. The van der Waals surface area contributed by atoms with Gasteiger partial charge >= 0.3 is 0 Å². The number of amides is 1. The van der Waals surface area contributed by atoms with E-state index < -0.39 is 5.41 Å². The Hall–Kier alpha value is -1.73. The summed E-state index contributed by atoms with van der Waals surface area (Å²) < 4.78 is 5.47. The van der Waals surface area contributed by atoms with Gasteiger partial charge in [0.05, 0.1) is 17.3 Å². The van der Waals surface area contributed by atoms with Crippen molar-refractivity contribution in [3.05, 3.63) is 27.4 Å². The Morgan fingerprint density at radius 2 is 1.93 bits per heavy atom. The molecule has 0 radical (unpaired) electrons. The third-order valence-corrected chi connectivity index (χ3v) is 6.29. The van der Waals surface area contributed by atoms with Crippen molar-refractivity contribution in [3.63, 3.8) is 0 Å². The van der Waals surface area contributed by atoms with Crippen molar-refractivity contribution in [2.24, 2.45) is 5.41 Å². The average Bonchev–Trinajstić information content (AvgIpc) is 3.16. The van der Waals surface area contributed by atoms with Crippen LogP contribution < -0.4 is 5.56 Å². The van der Waals surface area contributed by atoms with Gasteiger partial charge in [-0.05, 0) is 25.7 Å². The Bertz CT molecular complexity index is 792. The number of likely N-dealkylation sites (tertiary alicyclic amines) is 1. The fraction of sp³-hybridized carbons (Fsp3) is 0.762. The van der Waals surface area contributed by atoms with Crippen LogP contribution in [0.5, 0.6) is 0 Å². The lowest BCUT2D eigenvalue weighted by Gasteiger charge is -2.37. The third-order valence-electron chi connectivity index (χ3n) is 6.29. The number of nitrogens with one attached hydrogen (secondary N) is 1. The smallest absolute Gasteiger partial charge is 0.255 e. The maximum absolute atomic E-state index is 12.9. The molecule has 0 aromatic carbocycles. The topological polar surface area (TPSA) is 78.5 Å². The summed E-state index contributed by atoms with van der Waals surface area (Å²) in [6.07, 6.45) is 4.67. The molecule has 2 saturated heterocycles. The number of carbonyl (C=O) groups excluding carboxylic acids is 1. The van der Waals surface area contributed by atoms with Gasteiger partial charge in [0.1, 0.15) is 5.82 Å². The predicted octanol–water partition coefficient (Wildman–Crippen LogP) is 2.02. The molecule has 0 spiro atoms. The summed E-state index contributed by atoms with van der Waals surface area (Å²) in [7, 11) is 0. The van der Waals surface area contributed by atoms with E-state index in [2.05, 4.69) is 9.88 Å². The summed E-state index contributed by atoms with van der Waals surface area (Å²) in [5.74, 6) is 0.791. The van der Waals surface area contributed by atoms with Gasteiger partial charge in [0.2, 0.25) is 5.91 Å². The second-order valence-corrected chi connectivity index (χ2v) is 9.35. The summed E-state index contributed by atoms with van der Waals surface area (Å²) in [6.45, 7) is 9.78. The molecule has 4 heterocycles. The Morgan fingerprint density at radius 3 is 2.64 bits per heavy atom. The molecule has 1 atom stereocenters. The van der Waals surface area contributed by atoms with Crippen molar-refractivity contribution >= 4 is 5.91 Å². The highest BCUT2D eigenvalue weighted by molar-refractivity contribution is 5.82. The average molecular weight is 389 g/mol. The molecule has 154 valence electrons. The highest BCUT2D eigenvalue weighted by Crippen LogP contribution is 2.34. The molecule has 7 heteroatoms. The van der Waals surface area contributed by atoms with Crippen LogP contribution in [0.4, 0.5) is 0 Å². The van der Waals surface area contributed by atoms with Gasteiger partial charge < -0.3 is 14.6 Å². The van der Waals surface area contributed by atoms with Crippen LogP contribution in [-0.2, 0) is 22.5 Å². The van der Waals surface area contributed by atoms with Gasteiger partial charge in [-0.2, -0.15) is 0 Å². The number of aromatic amines is 1. The van der Waals surface area contributed by atoms with Gasteiger partial charge in [0.15, 0.2) is 0 Å². The van der Waals surface area contributed by atoms with Crippen LogP contribution in [-0.4, -0.2) is 58.0 Å². The zero-order valence-corrected chi connectivity index (χ0v) is 17.3. The number of ether oxygens (including phenoxy) is 1. The van der Waals surface area contributed by atoms with Crippen molar-refractivity contribution < 1.29 is 9.53 Å². The molecule has 1 N–H and O–H groups in total. The van der Waals surface area contributed by atoms with Gasteiger partial charge in [0.25, 0.3) is 5.56 Å². The second kappa shape index (κ2) is 7.59. The first kappa shape index (κ1) is 19.6. The summed E-state index contributed by atoms with van der Waals surface area (Å²) in [5, 5.41) is 0. The van der Waals surface area contributed by atoms with E-state index in [-0.39, 0.29) is 17.5 Å². The molecule has 3 aliphatic rings. The standard InChI is InChI=1S/C21H32N4O3/c1-21(2,3)20(27)25-9-4-5-17(25)18-22-16-6-10-24(13-15(16)19(26)23-18)14-7-11-28-12-8-14/h14,17H,4-13H2,1-3H3,(H,22,23,26). The molecule has 2 fully saturated rings. The zero-order valence-electron chi connectivity index (χ0n) is 17.3. The van der Waals surface area contributed by atoms with Crippen LogP contribution in [0.15, 0.2) is 4.79 Å². The number of nitrogens with zero attached hydrogens (tertiary/aromatic N) is 3. The van der Waals surface area contributed by atoms with Crippen LogP contribution in [0, 0.1) is 5.41 Å². The van der Waals surface area contributed by atoms with E-state index in [1.165, 1.54) is 0 Å². The molecule has 0 bridgehead atoms. The molecular formula is C21H32N4O3. The lowest BCUT2D eigenvalue weighted by Crippen LogP contribution is -2.45. The summed E-state index contributed by atoms with van der Waals surface area (Å²) in [5.41, 5.74) is 1.25. The van der Waals surface area contributed by atoms with Gasteiger partial charge in [0, 0.05) is 50.7 Å². The first-order valence-corrected chi connectivity index (χ1v) is 10.6. The van der Waals surface area contributed by atoms with E-state index >= 15 is 0 Å². The first-order chi connectivity index (χ1) is 13.3. The SMILES string of the molecule is CC(C)(C)C(=O)N1CCCC1c1nc2c(c(=O)[nH]1)CN(C1CCOCC1)CC2. The molecule has 3 aliphatic heterocycles. The van der Waals surface area contributed by atoms with Gasteiger partial charge in [-0.15, -0.1) is 0 Å². The Morgan fingerprint density at radius 1 is 1.18 bits per heavy atom. The summed E-state index contributed by atoms with van der Waals surface area (Å²) in [6, 6.07) is 0.383. The first-order valence-electron chi connectivity index (χ1n) is 10.6. The fourth-order valence-corrected chi connectivity index (χ4v) is 4.71.